The minimum Gasteiger partial charge on any atom is -0.456 e. The number of hydrogen-bond acceptors (Lipinski definition) is 3. The van der Waals surface area contributed by atoms with Gasteiger partial charge in [0, 0.05) is 44.2 Å². The second kappa shape index (κ2) is 11.0. The highest BCUT2D eigenvalue weighted by Crippen LogP contribution is 2.42. The van der Waals surface area contributed by atoms with Gasteiger partial charge in [-0.15, -0.1) is 0 Å². The van der Waals surface area contributed by atoms with Crippen molar-refractivity contribution in [3.8, 4) is 22.3 Å². The van der Waals surface area contributed by atoms with Gasteiger partial charge >= 0.3 is 0 Å². The van der Waals surface area contributed by atoms with Gasteiger partial charge in [-0.25, -0.2) is 0 Å². The number of hydrogen-bond donors (Lipinski definition) is 0. The minimum absolute atomic E-state index is 0.879. The monoisotopic (exact) mass is 627 g/mol. The molecule has 0 radical (unpaired) electrons. The van der Waals surface area contributed by atoms with Crippen molar-refractivity contribution in [3.05, 3.63) is 176 Å². The summed E-state index contributed by atoms with van der Waals surface area (Å²) in [6, 6.07) is 62.2. The average Bonchev–Trinajstić information content (AvgIpc) is 3.74. The molecule has 3 heteroatoms. The number of benzene rings is 8. The van der Waals surface area contributed by atoms with Crippen LogP contribution in [0.15, 0.2) is 185 Å². The van der Waals surface area contributed by atoms with Crippen LogP contribution in [0.25, 0.3) is 76.9 Å². The van der Waals surface area contributed by atoms with Crippen LogP contribution in [0.3, 0.4) is 0 Å². The van der Waals surface area contributed by atoms with E-state index in [1.807, 2.05) is 24.3 Å². The minimum atomic E-state index is 0.879. The Balaban J connectivity index is 1.12. The summed E-state index contributed by atoms with van der Waals surface area (Å²) in [4.78, 5) is 2.33. The van der Waals surface area contributed by atoms with Gasteiger partial charge in [0.2, 0.25) is 0 Å². The van der Waals surface area contributed by atoms with Gasteiger partial charge in [-0.2, -0.15) is 0 Å². The Labute approximate surface area is 282 Å². The number of para-hydroxylation sites is 3. The highest BCUT2D eigenvalue weighted by Gasteiger charge is 2.18. The summed E-state index contributed by atoms with van der Waals surface area (Å²) in [5, 5.41) is 6.94. The first-order valence-electron chi connectivity index (χ1n) is 16.6. The molecule has 10 rings (SSSR count). The molecule has 0 aliphatic heterocycles. The molecule has 2 heterocycles. The Morgan fingerprint density at radius 2 is 0.939 bits per heavy atom. The highest BCUT2D eigenvalue weighted by atomic mass is 16.3. The van der Waals surface area contributed by atoms with Crippen LogP contribution in [0.4, 0.5) is 17.1 Å². The molecule has 0 bridgehead atoms. The van der Waals surface area contributed by atoms with E-state index in [4.69, 9.17) is 8.83 Å². The number of rotatable bonds is 5. The van der Waals surface area contributed by atoms with E-state index in [0.29, 0.717) is 0 Å². The van der Waals surface area contributed by atoms with E-state index in [1.54, 1.807) is 0 Å². The van der Waals surface area contributed by atoms with Crippen molar-refractivity contribution in [2.24, 2.45) is 0 Å². The fourth-order valence-corrected chi connectivity index (χ4v) is 7.26. The SMILES string of the molecule is c1cc(-c2ccc3ccccc3c2)cc(N(c2ccc(-c3cccc4c3oc3ccccc34)cc2)c2ccc3oc4ccccc4c3c2)c1. The topological polar surface area (TPSA) is 29.5 Å². The third-order valence-corrected chi connectivity index (χ3v) is 9.65. The van der Waals surface area contributed by atoms with Crippen molar-refractivity contribution < 1.29 is 8.83 Å². The molecule has 3 nitrogen and oxygen atoms in total. The summed E-state index contributed by atoms with van der Waals surface area (Å²) in [6.45, 7) is 0. The van der Waals surface area contributed by atoms with Crippen LogP contribution in [-0.4, -0.2) is 0 Å². The van der Waals surface area contributed by atoms with E-state index in [0.717, 1.165) is 77.6 Å². The van der Waals surface area contributed by atoms with E-state index >= 15 is 0 Å². The van der Waals surface area contributed by atoms with E-state index in [-0.39, 0.29) is 0 Å². The molecule has 0 unspecified atom stereocenters. The lowest BCUT2D eigenvalue weighted by atomic mass is 10.00. The zero-order valence-corrected chi connectivity index (χ0v) is 26.5. The Morgan fingerprint density at radius 3 is 1.80 bits per heavy atom. The van der Waals surface area contributed by atoms with Gasteiger partial charge in [0.25, 0.3) is 0 Å². The van der Waals surface area contributed by atoms with Crippen LogP contribution in [0.2, 0.25) is 0 Å². The van der Waals surface area contributed by atoms with Gasteiger partial charge in [0.15, 0.2) is 0 Å². The van der Waals surface area contributed by atoms with Gasteiger partial charge in [-0.05, 0) is 88.1 Å². The van der Waals surface area contributed by atoms with Gasteiger partial charge < -0.3 is 13.7 Å². The molecule has 49 heavy (non-hydrogen) atoms. The molecular formula is C46H29NO2. The maximum atomic E-state index is 6.39. The lowest BCUT2D eigenvalue weighted by Gasteiger charge is -2.26. The Hall–Kier alpha value is -6.58. The van der Waals surface area contributed by atoms with E-state index in [1.165, 1.54) is 16.3 Å². The van der Waals surface area contributed by atoms with Crippen molar-refractivity contribution in [3.63, 3.8) is 0 Å². The lowest BCUT2D eigenvalue weighted by Crippen LogP contribution is -2.10. The molecular weight excluding hydrogens is 599 g/mol. The number of fused-ring (bicyclic) bond motifs is 7. The smallest absolute Gasteiger partial charge is 0.143 e. The fraction of sp³-hybridized carbons (Fsp3) is 0. The molecule has 230 valence electrons. The first-order valence-corrected chi connectivity index (χ1v) is 16.6. The summed E-state index contributed by atoms with van der Waals surface area (Å²) < 4.78 is 12.6. The molecule has 0 amide bonds. The van der Waals surface area contributed by atoms with E-state index < -0.39 is 0 Å². The summed E-state index contributed by atoms with van der Waals surface area (Å²) in [7, 11) is 0. The average molecular weight is 628 g/mol. The molecule has 2 aromatic heterocycles. The third kappa shape index (κ3) is 4.59. The molecule has 0 saturated heterocycles. The molecule has 0 saturated carbocycles. The third-order valence-electron chi connectivity index (χ3n) is 9.65. The molecule has 0 spiro atoms. The van der Waals surface area contributed by atoms with Crippen molar-refractivity contribution >= 4 is 71.7 Å². The first-order chi connectivity index (χ1) is 24.3. The zero-order chi connectivity index (χ0) is 32.3. The van der Waals surface area contributed by atoms with Crippen LogP contribution < -0.4 is 4.90 Å². The normalized spacial score (nSPS) is 11.7. The summed E-state index contributed by atoms with van der Waals surface area (Å²) in [6.07, 6.45) is 0. The standard InChI is InChI=1S/C46H29NO2/c1-2-10-32-27-34(20-19-30(32)9-1)33-11-7-12-36(28-33)47(37-25-26-45-42(29-37)40-14-4-5-17-43(40)48-45)35-23-21-31(22-24-35)38-15-8-16-41-39-13-3-6-18-44(39)49-46(38)41/h1-29H. The van der Waals surface area contributed by atoms with Crippen LogP contribution in [0, 0.1) is 0 Å². The number of nitrogens with zero attached hydrogens (tertiary/aromatic N) is 1. The van der Waals surface area contributed by atoms with Crippen LogP contribution in [0.5, 0.6) is 0 Å². The molecule has 0 aliphatic carbocycles. The van der Waals surface area contributed by atoms with Crippen molar-refractivity contribution in [1.82, 2.24) is 0 Å². The Morgan fingerprint density at radius 1 is 0.327 bits per heavy atom. The van der Waals surface area contributed by atoms with Gasteiger partial charge in [-0.1, -0.05) is 115 Å². The molecule has 0 N–H and O–H groups in total. The molecule has 0 atom stereocenters. The molecule has 10 aromatic rings. The maximum Gasteiger partial charge on any atom is 0.143 e. The van der Waals surface area contributed by atoms with Crippen LogP contribution in [0.1, 0.15) is 0 Å². The van der Waals surface area contributed by atoms with E-state index in [2.05, 4.69) is 157 Å². The second-order valence-electron chi connectivity index (χ2n) is 12.6. The first kappa shape index (κ1) is 27.5. The Bertz CT molecular complexity index is 2840. The highest BCUT2D eigenvalue weighted by molar-refractivity contribution is 6.10. The van der Waals surface area contributed by atoms with Gasteiger partial charge in [0.1, 0.15) is 22.3 Å². The maximum absolute atomic E-state index is 6.39. The van der Waals surface area contributed by atoms with Crippen molar-refractivity contribution in [1.29, 1.82) is 0 Å². The largest absolute Gasteiger partial charge is 0.456 e. The van der Waals surface area contributed by atoms with Crippen molar-refractivity contribution in [2.75, 3.05) is 4.90 Å². The summed E-state index contributed by atoms with van der Waals surface area (Å²) in [5.41, 5.74) is 11.3. The molecule has 8 aromatic carbocycles. The van der Waals surface area contributed by atoms with Crippen molar-refractivity contribution in [2.45, 2.75) is 0 Å². The van der Waals surface area contributed by atoms with Gasteiger partial charge in [0.05, 0.1) is 0 Å². The van der Waals surface area contributed by atoms with Gasteiger partial charge in [-0.3, -0.25) is 0 Å². The second-order valence-corrected chi connectivity index (χ2v) is 12.6. The lowest BCUT2D eigenvalue weighted by molar-refractivity contribution is 0.669. The predicted octanol–water partition coefficient (Wildman–Crippen LogP) is 13.4. The zero-order valence-electron chi connectivity index (χ0n) is 26.5. The summed E-state index contributed by atoms with van der Waals surface area (Å²) in [5.74, 6) is 0. The van der Waals surface area contributed by atoms with Crippen LogP contribution >= 0.6 is 0 Å². The molecule has 0 aliphatic rings. The molecule has 0 fully saturated rings. The number of furan rings is 2. The predicted molar refractivity (Wildman–Crippen MR) is 204 cm³/mol. The quantitative estimate of drug-likeness (QED) is 0.190. The number of anilines is 3. The fourth-order valence-electron chi connectivity index (χ4n) is 7.26. The van der Waals surface area contributed by atoms with Crippen LogP contribution in [-0.2, 0) is 0 Å². The van der Waals surface area contributed by atoms with E-state index in [9.17, 15) is 0 Å². The Kier molecular flexibility index (Phi) is 6.18. The summed E-state index contributed by atoms with van der Waals surface area (Å²) >= 11 is 0.